The first-order chi connectivity index (χ1) is 6.27. The fourth-order valence-electron chi connectivity index (χ4n) is 2.25. The minimum Gasteiger partial charge on any atom is -0.390 e. The normalized spacial score (nSPS) is 39.9. The van der Waals surface area contributed by atoms with E-state index in [2.05, 4.69) is 0 Å². The molecule has 1 aliphatic rings. The van der Waals surface area contributed by atoms with Gasteiger partial charge in [0.15, 0.2) is 0 Å². The first kappa shape index (κ1) is 12.0. The van der Waals surface area contributed by atoms with Crippen molar-refractivity contribution in [1.82, 2.24) is 0 Å². The number of hydrogen-bond acceptors (Lipinski definition) is 3. The van der Waals surface area contributed by atoms with Crippen molar-refractivity contribution >= 4 is 0 Å². The van der Waals surface area contributed by atoms with Crippen LogP contribution in [0.25, 0.3) is 0 Å². The van der Waals surface area contributed by atoms with Crippen molar-refractivity contribution in [3.63, 3.8) is 0 Å². The summed E-state index contributed by atoms with van der Waals surface area (Å²) in [5, 5.41) is 19.9. The molecule has 0 unspecified atom stereocenters. The molecule has 84 valence electrons. The minimum atomic E-state index is -0.740. The van der Waals surface area contributed by atoms with Crippen molar-refractivity contribution in [2.75, 3.05) is 7.11 Å². The van der Waals surface area contributed by atoms with E-state index >= 15 is 0 Å². The van der Waals surface area contributed by atoms with Crippen molar-refractivity contribution in [3.8, 4) is 0 Å². The molecule has 0 amide bonds. The molecule has 0 spiro atoms. The van der Waals surface area contributed by atoms with Crippen LogP contribution in [0.3, 0.4) is 0 Å². The highest BCUT2D eigenvalue weighted by molar-refractivity contribution is 4.94. The van der Waals surface area contributed by atoms with E-state index in [0.29, 0.717) is 6.42 Å². The molecule has 0 bridgehead atoms. The van der Waals surface area contributed by atoms with E-state index in [1.807, 2.05) is 20.8 Å². The zero-order chi connectivity index (χ0) is 11.0. The summed E-state index contributed by atoms with van der Waals surface area (Å²) in [4.78, 5) is 0. The number of rotatable bonds is 2. The van der Waals surface area contributed by atoms with E-state index < -0.39 is 11.2 Å². The zero-order valence-electron chi connectivity index (χ0n) is 9.58. The van der Waals surface area contributed by atoms with Crippen molar-refractivity contribution < 1.29 is 14.9 Å². The van der Waals surface area contributed by atoms with Gasteiger partial charge < -0.3 is 14.9 Å². The van der Waals surface area contributed by atoms with Gasteiger partial charge in [-0.1, -0.05) is 0 Å². The molecular formula is C11H22O3. The lowest BCUT2D eigenvalue weighted by Crippen LogP contribution is -2.49. The lowest BCUT2D eigenvalue weighted by atomic mass is 9.72. The van der Waals surface area contributed by atoms with Crippen LogP contribution >= 0.6 is 0 Å². The van der Waals surface area contributed by atoms with Crippen LogP contribution < -0.4 is 0 Å². The summed E-state index contributed by atoms with van der Waals surface area (Å²) in [5.74, 6) is 0.215. The van der Waals surface area contributed by atoms with Gasteiger partial charge in [0, 0.05) is 7.11 Å². The number of ether oxygens (including phenoxy) is 1. The van der Waals surface area contributed by atoms with Gasteiger partial charge in [0.05, 0.1) is 17.3 Å². The molecule has 0 aromatic rings. The summed E-state index contributed by atoms with van der Waals surface area (Å²) in [6.45, 7) is 5.45. The minimum absolute atomic E-state index is 0.160. The van der Waals surface area contributed by atoms with Crippen LogP contribution in [-0.4, -0.2) is 34.6 Å². The lowest BCUT2D eigenvalue weighted by Gasteiger charge is -2.43. The molecule has 0 radical (unpaired) electrons. The molecule has 3 nitrogen and oxygen atoms in total. The van der Waals surface area contributed by atoms with Crippen molar-refractivity contribution in [3.05, 3.63) is 0 Å². The Morgan fingerprint density at radius 3 is 2.43 bits per heavy atom. The molecule has 2 N–H and O–H groups in total. The SMILES string of the molecule is CO[C@@H]1C[C@@H](C(C)(C)O)CC[C@@]1(C)O. The summed E-state index contributed by atoms with van der Waals surface area (Å²) in [6.07, 6.45) is 2.12. The Bertz CT molecular complexity index is 193. The maximum absolute atomic E-state index is 10.0. The number of hydrogen-bond donors (Lipinski definition) is 2. The summed E-state index contributed by atoms with van der Waals surface area (Å²) in [7, 11) is 1.62. The molecule has 1 aliphatic carbocycles. The van der Waals surface area contributed by atoms with Crippen molar-refractivity contribution in [1.29, 1.82) is 0 Å². The summed E-state index contributed by atoms with van der Waals surface area (Å²) in [5.41, 5.74) is -1.41. The molecule has 14 heavy (non-hydrogen) atoms. The van der Waals surface area contributed by atoms with Crippen LogP contribution in [0.1, 0.15) is 40.0 Å². The maximum atomic E-state index is 10.0. The Kier molecular flexibility index (Phi) is 3.24. The Morgan fingerprint density at radius 2 is 2.00 bits per heavy atom. The van der Waals surface area contributed by atoms with Gasteiger partial charge in [-0.05, 0) is 46.0 Å². The molecule has 1 saturated carbocycles. The second-order valence-electron chi connectivity index (χ2n) is 5.21. The summed E-state index contributed by atoms with van der Waals surface area (Å²) in [6, 6.07) is 0. The van der Waals surface area contributed by atoms with Crippen LogP contribution in [0.4, 0.5) is 0 Å². The van der Waals surface area contributed by atoms with E-state index in [9.17, 15) is 10.2 Å². The van der Waals surface area contributed by atoms with Gasteiger partial charge in [0.25, 0.3) is 0 Å². The Labute approximate surface area is 86.1 Å². The molecule has 1 rings (SSSR count). The van der Waals surface area contributed by atoms with Crippen LogP contribution in [0, 0.1) is 5.92 Å². The summed E-state index contributed by atoms with van der Waals surface area (Å²) >= 11 is 0. The first-order valence-electron chi connectivity index (χ1n) is 5.25. The van der Waals surface area contributed by atoms with Crippen LogP contribution in [-0.2, 0) is 4.74 Å². The van der Waals surface area contributed by atoms with Gasteiger partial charge >= 0.3 is 0 Å². The molecule has 0 heterocycles. The van der Waals surface area contributed by atoms with Gasteiger partial charge in [-0.3, -0.25) is 0 Å². The highest BCUT2D eigenvalue weighted by Crippen LogP contribution is 2.38. The first-order valence-corrected chi connectivity index (χ1v) is 5.25. The van der Waals surface area contributed by atoms with Crippen molar-refractivity contribution in [2.24, 2.45) is 5.92 Å². The second-order valence-corrected chi connectivity index (χ2v) is 5.21. The quantitative estimate of drug-likeness (QED) is 0.710. The molecule has 0 aromatic carbocycles. The topological polar surface area (TPSA) is 49.7 Å². The van der Waals surface area contributed by atoms with E-state index in [1.54, 1.807) is 7.11 Å². The van der Waals surface area contributed by atoms with Gasteiger partial charge in [0.1, 0.15) is 0 Å². The average Bonchev–Trinajstić information content (AvgIpc) is 2.01. The Balaban J connectivity index is 2.67. The highest BCUT2D eigenvalue weighted by Gasteiger charge is 2.42. The average molecular weight is 202 g/mol. The molecular weight excluding hydrogens is 180 g/mol. The van der Waals surface area contributed by atoms with Crippen LogP contribution in [0.15, 0.2) is 0 Å². The predicted octanol–water partition coefficient (Wildman–Crippen LogP) is 1.32. The van der Waals surface area contributed by atoms with Crippen LogP contribution in [0.2, 0.25) is 0 Å². The maximum Gasteiger partial charge on any atom is 0.0880 e. The Morgan fingerprint density at radius 1 is 1.43 bits per heavy atom. The van der Waals surface area contributed by atoms with Gasteiger partial charge in [-0.25, -0.2) is 0 Å². The monoisotopic (exact) mass is 202 g/mol. The molecule has 0 aliphatic heterocycles. The zero-order valence-corrected chi connectivity index (χ0v) is 9.58. The van der Waals surface area contributed by atoms with E-state index in [0.717, 1.165) is 12.8 Å². The lowest BCUT2D eigenvalue weighted by molar-refractivity contribution is -0.139. The molecule has 0 aromatic heterocycles. The second kappa shape index (κ2) is 3.80. The fraction of sp³-hybridized carbons (Fsp3) is 1.00. The predicted molar refractivity (Wildman–Crippen MR) is 55.1 cm³/mol. The third-order valence-corrected chi connectivity index (χ3v) is 3.47. The van der Waals surface area contributed by atoms with Crippen LogP contribution in [0.5, 0.6) is 0 Å². The van der Waals surface area contributed by atoms with Crippen molar-refractivity contribution in [2.45, 2.75) is 57.3 Å². The molecule has 3 heteroatoms. The third-order valence-electron chi connectivity index (χ3n) is 3.47. The molecule has 0 saturated heterocycles. The number of aliphatic hydroxyl groups is 2. The Hall–Kier alpha value is -0.120. The standard InChI is InChI=1S/C11H22O3/c1-10(2,12)8-5-6-11(3,13)9(7-8)14-4/h8-9,12-13H,5-7H2,1-4H3/t8-,9+,11+/m0/s1. The van der Waals surface area contributed by atoms with Gasteiger partial charge in [-0.15, -0.1) is 0 Å². The summed E-state index contributed by atoms with van der Waals surface area (Å²) < 4.78 is 5.27. The third kappa shape index (κ3) is 2.47. The van der Waals surface area contributed by atoms with E-state index in [4.69, 9.17) is 4.74 Å². The number of methoxy groups -OCH3 is 1. The van der Waals surface area contributed by atoms with E-state index in [1.165, 1.54) is 0 Å². The fourth-order valence-corrected chi connectivity index (χ4v) is 2.25. The highest BCUT2D eigenvalue weighted by atomic mass is 16.5. The molecule has 3 atom stereocenters. The smallest absolute Gasteiger partial charge is 0.0880 e. The van der Waals surface area contributed by atoms with E-state index in [-0.39, 0.29) is 12.0 Å². The van der Waals surface area contributed by atoms with Gasteiger partial charge in [-0.2, -0.15) is 0 Å². The largest absolute Gasteiger partial charge is 0.390 e. The van der Waals surface area contributed by atoms with Gasteiger partial charge in [0.2, 0.25) is 0 Å². The molecule has 1 fully saturated rings.